The Morgan fingerprint density at radius 1 is 1.06 bits per heavy atom. The molecule has 34 heavy (non-hydrogen) atoms. The van der Waals surface area contributed by atoms with Crippen LogP contribution in [-0.2, 0) is 20.9 Å². The van der Waals surface area contributed by atoms with E-state index in [9.17, 15) is 9.59 Å². The predicted octanol–water partition coefficient (Wildman–Crippen LogP) is 5.19. The van der Waals surface area contributed by atoms with Gasteiger partial charge in [-0.05, 0) is 48.6 Å². The number of benzene rings is 2. The molecule has 0 aliphatic heterocycles. The summed E-state index contributed by atoms with van der Waals surface area (Å²) in [7, 11) is 5.52. The number of nitrogens with zero attached hydrogens (tertiary/aromatic N) is 2. The van der Waals surface area contributed by atoms with Crippen LogP contribution in [0, 0.1) is 0 Å². The molecule has 0 heterocycles. The van der Waals surface area contributed by atoms with Crippen molar-refractivity contribution in [2.75, 3.05) is 38.0 Å². The van der Waals surface area contributed by atoms with Crippen LogP contribution in [0.25, 0.3) is 0 Å². The van der Waals surface area contributed by atoms with Gasteiger partial charge in [-0.3, -0.25) is 9.59 Å². The quantitative estimate of drug-likeness (QED) is 0.524. The highest BCUT2D eigenvalue weighted by Gasteiger charge is 2.31. The summed E-state index contributed by atoms with van der Waals surface area (Å²) in [4.78, 5) is 30.3. The Balaban J connectivity index is 1.95. The van der Waals surface area contributed by atoms with Gasteiger partial charge in [0.05, 0.1) is 5.92 Å². The molecule has 0 saturated heterocycles. The second kappa shape index (κ2) is 12.6. The van der Waals surface area contributed by atoms with Crippen molar-refractivity contribution in [2.45, 2.75) is 64.0 Å². The van der Waals surface area contributed by atoms with Gasteiger partial charge in [0.1, 0.15) is 6.61 Å². The zero-order valence-corrected chi connectivity index (χ0v) is 21.0. The molecule has 1 saturated carbocycles. The normalized spacial score (nSPS) is 14.9. The van der Waals surface area contributed by atoms with Gasteiger partial charge >= 0.3 is 0 Å². The second-order valence-electron chi connectivity index (χ2n) is 9.35. The standard InChI is InChI=1S/C28H39N3O3/c1-5-25(21-12-8-6-9-13-21)28(33)31(24-14-10-7-11-15-24)19-22-18-23(29-27(32)20-34-4)16-17-26(22)30(2)3/h6,8-9,12-13,16-18,24-25H,5,7,10-11,14-15,19-20H2,1-4H3,(H,29,32)/t25-/m1/s1. The summed E-state index contributed by atoms with van der Waals surface area (Å²) in [5.41, 5.74) is 3.87. The van der Waals surface area contributed by atoms with Gasteiger partial charge in [-0.25, -0.2) is 0 Å². The summed E-state index contributed by atoms with van der Waals surface area (Å²) in [5.74, 6) is -0.156. The van der Waals surface area contributed by atoms with E-state index < -0.39 is 0 Å². The summed E-state index contributed by atoms with van der Waals surface area (Å²) >= 11 is 0. The lowest BCUT2D eigenvalue weighted by Gasteiger charge is -2.37. The Kier molecular flexibility index (Phi) is 9.52. The average Bonchev–Trinajstić information content (AvgIpc) is 2.84. The van der Waals surface area contributed by atoms with E-state index in [0.717, 1.165) is 48.9 Å². The van der Waals surface area contributed by atoms with Gasteiger partial charge in [-0.15, -0.1) is 0 Å². The molecule has 6 nitrogen and oxygen atoms in total. The van der Waals surface area contributed by atoms with Crippen LogP contribution < -0.4 is 10.2 Å². The maximum Gasteiger partial charge on any atom is 0.250 e. The average molecular weight is 466 g/mol. The summed E-state index contributed by atoms with van der Waals surface area (Å²) in [5, 5.41) is 2.91. The molecule has 0 spiro atoms. The van der Waals surface area contributed by atoms with Crippen molar-refractivity contribution in [3.63, 3.8) is 0 Å². The maximum absolute atomic E-state index is 14.0. The molecule has 2 aromatic rings. The summed E-state index contributed by atoms with van der Waals surface area (Å²) in [6, 6.07) is 16.3. The number of ether oxygens (including phenoxy) is 1. The molecular formula is C28H39N3O3. The first-order valence-corrected chi connectivity index (χ1v) is 12.4. The van der Waals surface area contributed by atoms with Crippen LogP contribution in [0.3, 0.4) is 0 Å². The van der Waals surface area contributed by atoms with Crippen molar-refractivity contribution in [3.8, 4) is 0 Å². The number of carbonyl (C=O) groups is 2. The number of hydrogen-bond acceptors (Lipinski definition) is 4. The highest BCUT2D eigenvalue weighted by molar-refractivity contribution is 5.92. The van der Waals surface area contributed by atoms with Crippen LogP contribution >= 0.6 is 0 Å². The van der Waals surface area contributed by atoms with Gasteiger partial charge < -0.3 is 19.9 Å². The van der Waals surface area contributed by atoms with E-state index in [4.69, 9.17) is 4.74 Å². The minimum absolute atomic E-state index is 0.00665. The fourth-order valence-electron chi connectivity index (χ4n) is 4.96. The maximum atomic E-state index is 14.0. The first-order chi connectivity index (χ1) is 16.4. The minimum Gasteiger partial charge on any atom is -0.377 e. The van der Waals surface area contributed by atoms with Crippen LogP contribution in [0.4, 0.5) is 11.4 Å². The molecule has 184 valence electrons. The highest BCUT2D eigenvalue weighted by Crippen LogP contribution is 2.32. The fraction of sp³-hybridized carbons (Fsp3) is 0.500. The van der Waals surface area contributed by atoms with Crippen molar-refractivity contribution in [1.29, 1.82) is 0 Å². The van der Waals surface area contributed by atoms with E-state index in [1.807, 2.05) is 50.5 Å². The molecular weight excluding hydrogens is 426 g/mol. The van der Waals surface area contributed by atoms with E-state index in [1.165, 1.54) is 13.5 Å². The van der Waals surface area contributed by atoms with Crippen LogP contribution in [-0.4, -0.2) is 50.6 Å². The molecule has 1 atom stereocenters. The Morgan fingerprint density at radius 2 is 1.76 bits per heavy atom. The molecule has 1 aliphatic rings. The molecule has 0 unspecified atom stereocenters. The lowest BCUT2D eigenvalue weighted by Crippen LogP contribution is -2.43. The number of anilines is 2. The van der Waals surface area contributed by atoms with Crippen molar-refractivity contribution in [2.24, 2.45) is 0 Å². The lowest BCUT2D eigenvalue weighted by atomic mass is 9.90. The SMILES string of the molecule is CC[C@@H](C(=O)N(Cc1cc(NC(=O)COC)ccc1N(C)C)C1CCCCC1)c1ccccc1. The van der Waals surface area contributed by atoms with Crippen LogP contribution in [0.2, 0.25) is 0 Å². The zero-order valence-electron chi connectivity index (χ0n) is 21.0. The first kappa shape index (κ1) is 25.8. The number of rotatable bonds is 10. The number of hydrogen-bond donors (Lipinski definition) is 1. The van der Waals surface area contributed by atoms with E-state index in [1.54, 1.807) is 0 Å². The molecule has 0 bridgehead atoms. The molecule has 2 amide bonds. The van der Waals surface area contributed by atoms with E-state index in [2.05, 4.69) is 34.2 Å². The summed E-state index contributed by atoms with van der Waals surface area (Å²) in [6.45, 7) is 2.62. The molecule has 2 aromatic carbocycles. The molecule has 1 N–H and O–H groups in total. The van der Waals surface area contributed by atoms with E-state index in [-0.39, 0.29) is 30.4 Å². The molecule has 0 radical (unpaired) electrons. The monoisotopic (exact) mass is 465 g/mol. The van der Waals surface area contributed by atoms with E-state index >= 15 is 0 Å². The van der Waals surface area contributed by atoms with Crippen molar-refractivity contribution in [3.05, 3.63) is 59.7 Å². The summed E-state index contributed by atoms with van der Waals surface area (Å²) < 4.78 is 4.95. The third kappa shape index (κ3) is 6.60. The van der Waals surface area contributed by atoms with Crippen LogP contribution in [0.15, 0.2) is 48.5 Å². The van der Waals surface area contributed by atoms with Gasteiger partial charge in [0, 0.05) is 45.2 Å². The minimum atomic E-state index is -0.193. The molecule has 0 aromatic heterocycles. The number of nitrogens with one attached hydrogen (secondary N) is 1. The Morgan fingerprint density at radius 3 is 2.38 bits per heavy atom. The molecule has 6 heteroatoms. The third-order valence-corrected chi connectivity index (χ3v) is 6.67. The Labute approximate surface area is 204 Å². The molecule has 3 rings (SSSR count). The number of methoxy groups -OCH3 is 1. The third-order valence-electron chi connectivity index (χ3n) is 6.67. The smallest absolute Gasteiger partial charge is 0.250 e. The molecule has 1 aliphatic carbocycles. The van der Waals surface area contributed by atoms with Crippen molar-refractivity contribution >= 4 is 23.2 Å². The van der Waals surface area contributed by atoms with Gasteiger partial charge in [-0.1, -0.05) is 56.5 Å². The second-order valence-corrected chi connectivity index (χ2v) is 9.35. The van der Waals surface area contributed by atoms with Crippen LogP contribution in [0.5, 0.6) is 0 Å². The van der Waals surface area contributed by atoms with E-state index in [0.29, 0.717) is 12.2 Å². The number of amides is 2. The van der Waals surface area contributed by atoms with Crippen molar-refractivity contribution < 1.29 is 14.3 Å². The van der Waals surface area contributed by atoms with Crippen molar-refractivity contribution in [1.82, 2.24) is 4.90 Å². The lowest BCUT2D eigenvalue weighted by molar-refractivity contribution is -0.136. The predicted molar refractivity (Wildman–Crippen MR) is 138 cm³/mol. The van der Waals surface area contributed by atoms with Crippen LogP contribution in [0.1, 0.15) is 62.5 Å². The Bertz CT molecular complexity index is 939. The van der Waals surface area contributed by atoms with Gasteiger partial charge in [0.2, 0.25) is 11.8 Å². The van der Waals surface area contributed by atoms with Gasteiger partial charge in [-0.2, -0.15) is 0 Å². The first-order valence-electron chi connectivity index (χ1n) is 12.4. The Hall–Kier alpha value is -2.86. The topological polar surface area (TPSA) is 61.9 Å². The highest BCUT2D eigenvalue weighted by atomic mass is 16.5. The molecule has 1 fully saturated rings. The summed E-state index contributed by atoms with van der Waals surface area (Å²) in [6.07, 6.45) is 6.39. The fourth-order valence-corrected chi connectivity index (χ4v) is 4.96. The number of carbonyl (C=O) groups excluding carboxylic acids is 2. The van der Waals surface area contributed by atoms with Gasteiger partial charge in [0.15, 0.2) is 0 Å². The zero-order chi connectivity index (χ0) is 24.5. The largest absolute Gasteiger partial charge is 0.377 e. The van der Waals surface area contributed by atoms with Gasteiger partial charge in [0.25, 0.3) is 0 Å².